The summed E-state index contributed by atoms with van der Waals surface area (Å²) in [5, 5.41) is 1.05. The van der Waals surface area contributed by atoms with Crippen LogP contribution in [0.1, 0.15) is 0 Å². The lowest BCUT2D eigenvalue weighted by molar-refractivity contribution is 0.589. The molecular weight excluding hydrogens is 116 g/mol. The fraction of sp³-hybridized carbons (Fsp3) is 0. The van der Waals surface area contributed by atoms with Gasteiger partial charge in [0.1, 0.15) is 0 Å². The molecule has 1 heterocycles. The van der Waals surface area contributed by atoms with Crippen LogP contribution in [-0.2, 0) is 10.0 Å². The summed E-state index contributed by atoms with van der Waals surface area (Å²) in [4.78, 5) is 2.01. The standard InChI is InChI=1S/C2H4N2O2S/c5-7(6)2-1-3-4-7/h1-4H. The molecule has 0 aromatic carbocycles. The van der Waals surface area contributed by atoms with Crippen molar-refractivity contribution >= 4 is 10.0 Å². The van der Waals surface area contributed by atoms with E-state index in [1.54, 1.807) is 0 Å². The molecule has 2 N–H and O–H groups in total. The maximum Gasteiger partial charge on any atom is 0.251 e. The van der Waals surface area contributed by atoms with Crippen molar-refractivity contribution in [2.45, 2.75) is 0 Å². The fourth-order valence-corrected chi connectivity index (χ4v) is 0.821. The Morgan fingerprint density at radius 1 is 1.43 bits per heavy atom. The Morgan fingerprint density at radius 3 is 2.29 bits per heavy atom. The van der Waals surface area contributed by atoms with E-state index in [0.29, 0.717) is 0 Å². The van der Waals surface area contributed by atoms with Gasteiger partial charge in [-0.2, -0.15) is 0 Å². The number of rotatable bonds is 0. The molecule has 7 heavy (non-hydrogen) atoms. The van der Waals surface area contributed by atoms with Crippen LogP contribution in [0.2, 0.25) is 0 Å². The van der Waals surface area contributed by atoms with Gasteiger partial charge >= 0.3 is 0 Å². The molecule has 0 saturated carbocycles. The minimum absolute atomic E-state index is 1.05. The first kappa shape index (κ1) is 4.61. The second-order valence-corrected chi connectivity index (χ2v) is 2.66. The predicted octanol–water partition coefficient (Wildman–Crippen LogP) is -1.10. The summed E-state index contributed by atoms with van der Waals surface area (Å²) in [7, 11) is -3.09. The first-order valence-corrected chi connectivity index (χ1v) is 3.19. The van der Waals surface area contributed by atoms with E-state index in [1.807, 2.05) is 4.83 Å². The molecule has 0 fully saturated rings. The maximum absolute atomic E-state index is 10.2. The summed E-state index contributed by atoms with van der Waals surface area (Å²) in [5.74, 6) is 0. The van der Waals surface area contributed by atoms with Gasteiger partial charge in [-0.25, -0.2) is 8.42 Å². The molecule has 5 heteroatoms. The van der Waals surface area contributed by atoms with Crippen molar-refractivity contribution in [2.75, 3.05) is 0 Å². The monoisotopic (exact) mass is 120 g/mol. The van der Waals surface area contributed by atoms with Crippen molar-refractivity contribution in [3.63, 3.8) is 0 Å². The number of hydrogen-bond acceptors (Lipinski definition) is 3. The highest BCUT2D eigenvalue weighted by atomic mass is 32.2. The Kier molecular flexibility index (Phi) is 0.795. The second kappa shape index (κ2) is 1.21. The number of nitrogens with one attached hydrogen (secondary N) is 2. The zero-order valence-corrected chi connectivity index (χ0v) is 4.20. The number of hydrazine groups is 1. The second-order valence-electron chi connectivity index (χ2n) is 1.09. The van der Waals surface area contributed by atoms with Crippen LogP contribution in [0.15, 0.2) is 11.6 Å². The van der Waals surface area contributed by atoms with Gasteiger partial charge in [0.2, 0.25) is 0 Å². The molecule has 0 aromatic rings. The van der Waals surface area contributed by atoms with Gasteiger partial charge in [0, 0.05) is 6.20 Å². The van der Waals surface area contributed by atoms with Crippen molar-refractivity contribution in [3.05, 3.63) is 11.6 Å². The Balaban J connectivity index is 2.99. The largest absolute Gasteiger partial charge is 0.314 e. The molecule has 0 amide bonds. The van der Waals surface area contributed by atoms with Gasteiger partial charge in [0.15, 0.2) is 0 Å². The molecule has 0 aliphatic carbocycles. The molecule has 0 unspecified atom stereocenters. The minimum atomic E-state index is -3.09. The summed E-state index contributed by atoms with van der Waals surface area (Å²) >= 11 is 0. The molecule has 40 valence electrons. The SMILES string of the molecule is O=S1(=O)C=CNN1. The summed E-state index contributed by atoms with van der Waals surface area (Å²) in [5.41, 5.74) is 2.29. The first-order valence-electron chi connectivity index (χ1n) is 1.65. The lowest BCUT2D eigenvalue weighted by Crippen LogP contribution is -2.25. The zero-order chi connectivity index (χ0) is 5.33. The lowest BCUT2D eigenvalue weighted by atomic mass is 11.1. The van der Waals surface area contributed by atoms with Crippen LogP contribution >= 0.6 is 0 Å². The molecule has 1 aliphatic rings. The third kappa shape index (κ3) is 0.908. The van der Waals surface area contributed by atoms with E-state index in [-0.39, 0.29) is 0 Å². The van der Waals surface area contributed by atoms with Crippen molar-refractivity contribution in [2.24, 2.45) is 0 Å². The molecule has 0 bridgehead atoms. The predicted molar refractivity (Wildman–Crippen MR) is 24.3 cm³/mol. The molecule has 1 aliphatic heterocycles. The Labute approximate surface area is 41.2 Å². The van der Waals surface area contributed by atoms with Gasteiger partial charge in [0.25, 0.3) is 10.0 Å². The smallest absolute Gasteiger partial charge is 0.251 e. The molecular formula is C2H4N2O2S. The maximum atomic E-state index is 10.2. The molecule has 0 aromatic heterocycles. The fourth-order valence-electron chi connectivity index (χ4n) is 0.274. The normalized spacial score (nSPS) is 24.6. The van der Waals surface area contributed by atoms with Crippen molar-refractivity contribution in [3.8, 4) is 0 Å². The molecule has 4 nitrogen and oxygen atoms in total. The van der Waals surface area contributed by atoms with Crippen LogP contribution in [0.4, 0.5) is 0 Å². The Hall–Kier alpha value is -0.550. The lowest BCUT2D eigenvalue weighted by Gasteiger charge is -1.86. The van der Waals surface area contributed by atoms with Crippen molar-refractivity contribution < 1.29 is 8.42 Å². The Morgan fingerprint density at radius 2 is 2.14 bits per heavy atom. The van der Waals surface area contributed by atoms with Crippen molar-refractivity contribution in [1.82, 2.24) is 10.3 Å². The van der Waals surface area contributed by atoms with Crippen molar-refractivity contribution in [1.29, 1.82) is 0 Å². The van der Waals surface area contributed by atoms with E-state index < -0.39 is 10.0 Å². The van der Waals surface area contributed by atoms with E-state index in [0.717, 1.165) is 5.41 Å². The van der Waals surface area contributed by atoms with Crippen LogP contribution in [0.3, 0.4) is 0 Å². The van der Waals surface area contributed by atoms with Gasteiger partial charge in [-0.15, -0.1) is 4.83 Å². The van der Waals surface area contributed by atoms with E-state index in [2.05, 4.69) is 5.43 Å². The highest BCUT2D eigenvalue weighted by Crippen LogP contribution is 1.87. The highest BCUT2D eigenvalue weighted by molar-refractivity contribution is 7.92. The molecule has 0 saturated heterocycles. The Bertz CT molecular complexity index is 180. The molecule has 0 spiro atoms. The quantitative estimate of drug-likeness (QED) is 0.426. The molecule has 0 atom stereocenters. The average molecular weight is 120 g/mol. The minimum Gasteiger partial charge on any atom is -0.314 e. The summed E-state index contributed by atoms with van der Waals surface area (Å²) in [6.07, 6.45) is 1.31. The summed E-state index contributed by atoms with van der Waals surface area (Å²) < 4.78 is 20.3. The third-order valence-electron chi connectivity index (χ3n) is 0.532. The third-order valence-corrected chi connectivity index (χ3v) is 1.43. The molecule has 0 radical (unpaired) electrons. The van der Waals surface area contributed by atoms with E-state index in [4.69, 9.17) is 0 Å². The van der Waals surface area contributed by atoms with Gasteiger partial charge in [-0.05, 0) is 0 Å². The van der Waals surface area contributed by atoms with Crippen LogP contribution in [-0.4, -0.2) is 8.42 Å². The van der Waals surface area contributed by atoms with Crippen LogP contribution < -0.4 is 10.3 Å². The zero-order valence-electron chi connectivity index (χ0n) is 3.38. The number of hydrogen-bond donors (Lipinski definition) is 2. The summed E-state index contributed by atoms with van der Waals surface area (Å²) in [6.45, 7) is 0. The average Bonchev–Trinajstić information content (AvgIpc) is 1.84. The van der Waals surface area contributed by atoms with Gasteiger partial charge in [0.05, 0.1) is 5.41 Å². The van der Waals surface area contributed by atoms with Gasteiger partial charge in [-0.1, -0.05) is 0 Å². The highest BCUT2D eigenvalue weighted by Gasteiger charge is 2.05. The molecule has 1 rings (SSSR count). The van der Waals surface area contributed by atoms with Gasteiger partial charge in [-0.3, -0.25) is 0 Å². The van der Waals surface area contributed by atoms with Crippen LogP contribution in [0.5, 0.6) is 0 Å². The van der Waals surface area contributed by atoms with E-state index in [1.165, 1.54) is 6.20 Å². The van der Waals surface area contributed by atoms with Crippen LogP contribution in [0, 0.1) is 0 Å². The summed E-state index contributed by atoms with van der Waals surface area (Å²) in [6, 6.07) is 0. The van der Waals surface area contributed by atoms with Crippen LogP contribution in [0.25, 0.3) is 0 Å². The van der Waals surface area contributed by atoms with E-state index in [9.17, 15) is 8.42 Å². The topological polar surface area (TPSA) is 58.2 Å². The first-order chi connectivity index (χ1) is 3.21. The van der Waals surface area contributed by atoms with Gasteiger partial charge < -0.3 is 5.43 Å². The van der Waals surface area contributed by atoms with E-state index >= 15 is 0 Å². The number of sulfonamides is 1.